The van der Waals surface area contributed by atoms with Crippen LogP contribution in [0.5, 0.6) is 0 Å². The van der Waals surface area contributed by atoms with Gasteiger partial charge in [-0.2, -0.15) is 0 Å². The molecule has 0 saturated heterocycles. The zero-order chi connectivity index (χ0) is 33.8. The van der Waals surface area contributed by atoms with E-state index in [1.807, 2.05) is 19.9 Å². The molecule has 0 amide bonds. The molecule has 46 heavy (non-hydrogen) atoms. The lowest BCUT2D eigenvalue weighted by molar-refractivity contribution is -0.202. The summed E-state index contributed by atoms with van der Waals surface area (Å²) in [6.07, 6.45) is 5.85. The van der Waals surface area contributed by atoms with Crippen LogP contribution in [0.1, 0.15) is 117 Å². The van der Waals surface area contributed by atoms with Gasteiger partial charge < -0.3 is 19.7 Å². The maximum atomic E-state index is 14.1. The number of hydrogen-bond donors (Lipinski definition) is 2. The lowest BCUT2D eigenvalue weighted by Crippen LogP contribution is -2.69. The Hall–Kier alpha value is -2.51. The van der Waals surface area contributed by atoms with Crippen molar-refractivity contribution in [3.8, 4) is 0 Å². The van der Waals surface area contributed by atoms with Gasteiger partial charge in [0.2, 0.25) is 0 Å². The molecule has 254 valence electrons. The Labute approximate surface area is 275 Å². The molecule has 5 rings (SSSR count). The number of ether oxygens (including phenoxy) is 2. The van der Waals surface area contributed by atoms with E-state index in [1.165, 1.54) is 6.92 Å². The molecule has 1 aromatic carbocycles. The van der Waals surface area contributed by atoms with E-state index in [1.54, 1.807) is 30.3 Å². The van der Waals surface area contributed by atoms with Gasteiger partial charge in [0, 0.05) is 29.6 Å². The van der Waals surface area contributed by atoms with E-state index in [-0.39, 0.29) is 35.6 Å². The van der Waals surface area contributed by atoms with Gasteiger partial charge in [0.1, 0.15) is 12.2 Å². The summed E-state index contributed by atoms with van der Waals surface area (Å²) < 4.78 is 12.0. The van der Waals surface area contributed by atoms with E-state index in [4.69, 9.17) is 9.47 Å². The molecule has 0 aromatic heterocycles. The van der Waals surface area contributed by atoms with E-state index in [2.05, 4.69) is 34.6 Å². The second-order valence-corrected chi connectivity index (χ2v) is 16.0. The van der Waals surface area contributed by atoms with Gasteiger partial charge in [-0.05, 0) is 92.4 Å². The summed E-state index contributed by atoms with van der Waals surface area (Å²) in [7, 11) is 0. The largest absolute Gasteiger partial charge is 0.462 e. The van der Waals surface area contributed by atoms with Crippen LogP contribution in [0.3, 0.4) is 0 Å². The van der Waals surface area contributed by atoms with Crippen LogP contribution in [-0.4, -0.2) is 51.3 Å². The quantitative estimate of drug-likeness (QED) is 0.279. The lowest BCUT2D eigenvalue weighted by Gasteiger charge is -2.64. The number of aliphatic hydroxyl groups is 2. The Kier molecular flexibility index (Phi) is 9.46. The van der Waals surface area contributed by atoms with Crippen LogP contribution in [0, 0.1) is 46.3 Å². The van der Waals surface area contributed by atoms with E-state index in [9.17, 15) is 24.6 Å². The lowest BCUT2D eigenvalue weighted by atomic mass is 9.42. The molecule has 7 heteroatoms. The summed E-state index contributed by atoms with van der Waals surface area (Å²) in [5.74, 6) is -0.711. The van der Waals surface area contributed by atoms with Gasteiger partial charge in [-0.1, -0.05) is 73.1 Å². The Morgan fingerprint density at radius 1 is 0.957 bits per heavy atom. The van der Waals surface area contributed by atoms with Crippen LogP contribution in [0.2, 0.25) is 0 Å². The van der Waals surface area contributed by atoms with Crippen molar-refractivity contribution >= 4 is 17.7 Å². The third-order valence-corrected chi connectivity index (χ3v) is 13.6. The van der Waals surface area contributed by atoms with Crippen molar-refractivity contribution in [2.75, 3.05) is 0 Å². The number of hydrogen-bond acceptors (Lipinski definition) is 7. The number of carbonyl (C=O) groups excluding carboxylic acids is 3. The molecule has 2 N–H and O–H groups in total. The van der Waals surface area contributed by atoms with E-state index < -0.39 is 40.0 Å². The molecular weight excluding hydrogens is 580 g/mol. The van der Waals surface area contributed by atoms with Gasteiger partial charge in [0.25, 0.3) is 0 Å². The maximum Gasteiger partial charge on any atom is 0.338 e. The van der Waals surface area contributed by atoms with Crippen LogP contribution in [0.4, 0.5) is 0 Å². The second-order valence-electron chi connectivity index (χ2n) is 16.0. The van der Waals surface area contributed by atoms with Crippen LogP contribution >= 0.6 is 0 Å². The normalized spacial score (nSPS) is 38.9. The van der Waals surface area contributed by atoms with Gasteiger partial charge in [-0.15, -0.1) is 0 Å². The zero-order valence-electron chi connectivity index (χ0n) is 29.2. The predicted molar refractivity (Wildman–Crippen MR) is 177 cm³/mol. The molecule has 7 nitrogen and oxygen atoms in total. The highest BCUT2D eigenvalue weighted by atomic mass is 16.5. The number of rotatable bonds is 9. The minimum atomic E-state index is -1.36. The fourth-order valence-electron chi connectivity index (χ4n) is 10.6. The summed E-state index contributed by atoms with van der Waals surface area (Å²) in [5.41, 5.74) is -3.18. The molecule has 11 unspecified atom stereocenters. The number of carbonyl (C=O) groups is 3. The molecule has 0 radical (unpaired) electrons. The van der Waals surface area contributed by atoms with Crippen molar-refractivity contribution in [1.82, 2.24) is 0 Å². The van der Waals surface area contributed by atoms with Crippen molar-refractivity contribution < 1.29 is 34.1 Å². The monoisotopic (exact) mass is 636 g/mol. The summed E-state index contributed by atoms with van der Waals surface area (Å²) in [6.45, 7) is 16.3. The first-order valence-corrected chi connectivity index (χ1v) is 17.7. The summed E-state index contributed by atoms with van der Waals surface area (Å²) in [5, 5.41) is 25.5. The summed E-state index contributed by atoms with van der Waals surface area (Å²) in [4.78, 5) is 39.4. The standard InChI is InChI=1S/C39H56O7/c1-9-27(23(2)3)21-32(45-26(6)40)24(4)29-15-18-38(43)33-22-30(41)34-25(5)31(46-35(42)28-13-11-10-12-14-28)16-17-37(34,8)39(33,44)20-19-36(29,38)7/h10-14,22-25,27,29,31-32,34,43-44H,9,15-21H2,1-8H3. The van der Waals surface area contributed by atoms with E-state index in [0.717, 1.165) is 19.3 Å². The smallest absolute Gasteiger partial charge is 0.338 e. The van der Waals surface area contributed by atoms with E-state index in [0.29, 0.717) is 55.1 Å². The zero-order valence-corrected chi connectivity index (χ0v) is 29.2. The molecule has 3 saturated carbocycles. The Bertz CT molecular complexity index is 1350. The summed E-state index contributed by atoms with van der Waals surface area (Å²) in [6, 6.07) is 8.88. The van der Waals surface area contributed by atoms with Gasteiger partial charge >= 0.3 is 11.9 Å². The molecule has 0 spiro atoms. The first kappa shape index (κ1) is 34.8. The molecule has 4 aliphatic carbocycles. The molecular formula is C39H56O7. The van der Waals surface area contributed by atoms with Crippen molar-refractivity contribution in [2.45, 2.75) is 130 Å². The fraction of sp³-hybridized carbons (Fsp3) is 0.718. The highest BCUT2D eigenvalue weighted by Crippen LogP contribution is 2.70. The molecule has 0 heterocycles. The van der Waals surface area contributed by atoms with Gasteiger partial charge in [-0.3, -0.25) is 9.59 Å². The third kappa shape index (κ3) is 5.38. The Morgan fingerprint density at radius 3 is 2.22 bits per heavy atom. The van der Waals surface area contributed by atoms with Crippen LogP contribution in [0.25, 0.3) is 0 Å². The highest BCUT2D eigenvalue weighted by Gasteiger charge is 2.72. The SMILES string of the molecule is CCC(CC(OC(C)=O)C(C)C1CCC2(O)C3=CC(=O)C4C(C)C(OC(=O)c5ccccc5)CCC4(C)C3(O)CCC12C)C(C)C. The number of esters is 2. The van der Waals surface area contributed by atoms with E-state index >= 15 is 0 Å². The maximum absolute atomic E-state index is 14.1. The van der Waals surface area contributed by atoms with Crippen LogP contribution in [-0.2, 0) is 19.1 Å². The van der Waals surface area contributed by atoms with Crippen molar-refractivity contribution in [2.24, 2.45) is 46.3 Å². The van der Waals surface area contributed by atoms with Crippen LogP contribution < -0.4 is 0 Å². The molecule has 0 aliphatic heterocycles. The first-order chi connectivity index (χ1) is 21.5. The third-order valence-electron chi connectivity index (χ3n) is 13.6. The minimum Gasteiger partial charge on any atom is -0.462 e. The van der Waals surface area contributed by atoms with Crippen molar-refractivity contribution in [1.29, 1.82) is 0 Å². The number of ketones is 1. The first-order valence-electron chi connectivity index (χ1n) is 17.7. The van der Waals surface area contributed by atoms with Crippen molar-refractivity contribution in [3.63, 3.8) is 0 Å². The average Bonchev–Trinajstić information content (AvgIpc) is 3.28. The highest BCUT2D eigenvalue weighted by molar-refractivity contribution is 5.96. The molecule has 4 aliphatic rings. The van der Waals surface area contributed by atoms with Gasteiger partial charge in [0.15, 0.2) is 5.78 Å². The van der Waals surface area contributed by atoms with Gasteiger partial charge in [0.05, 0.1) is 16.8 Å². The number of allylic oxidation sites excluding steroid dienone is 1. The molecule has 3 fully saturated rings. The topological polar surface area (TPSA) is 110 Å². The van der Waals surface area contributed by atoms with Gasteiger partial charge in [-0.25, -0.2) is 4.79 Å². The minimum absolute atomic E-state index is 0.0000866. The summed E-state index contributed by atoms with van der Waals surface area (Å²) >= 11 is 0. The fourth-order valence-corrected chi connectivity index (χ4v) is 10.6. The van der Waals surface area contributed by atoms with Crippen molar-refractivity contribution in [3.05, 3.63) is 47.5 Å². The molecule has 11 atom stereocenters. The second kappa shape index (κ2) is 12.5. The molecule has 0 bridgehead atoms. The average molecular weight is 637 g/mol. The Balaban J connectivity index is 1.44. The predicted octanol–water partition coefficient (Wildman–Crippen LogP) is 7.09. The Morgan fingerprint density at radius 2 is 1.61 bits per heavy atom. The van der Waals surface area contributed by atoms with Crippen LogP contribution in [0.15, 0.2) is 42.0 Å². The number of benzene rings is 1. The number of fused-ring (bicyclic) bond motifs is 5. The molecule has 1 aromatic rings.